The molecule has 1 atom stereocenters. The van der Waals surface area contributed by atoms with Crippen molar-refractivity contribution in [2.45, 2.75) is 38.1 Å². The van der Waals surface area contributed by atoms with Gasteiger partial charge in [-0.1, -0.05) is 0 Å². The molecule has 4 heterocycles. The monoisotopic (exact) mass is 528 g/mol. The van der Waals surface area contributed by atoms with E-state index in [1.807, 2.05) is 15.8 Å². The minimum atomic E-state index is -4.70. The summed E-state index contributed by atoms with van der Waals surface area (Å²) in [7, 11) is 1.57. The van der Waals surface area contributed by atoms with Crippen molar-refractivity contribution in [3.05, 3.63) is 69.8 Å². The number of aromatic nitrogens is 5. The van der Waals surface area contributed by atoms with Gasteiger partial charge in [0.1, 0.15) is 34.8 Å². The topological polar surface area (TPSA) is 78.1 Å². The lowest BCUT2D eigenvalue weighted by Gasteiger charge is -2.33. The molecule has 1 saturated carbocycles. The Hall–Kier alpha value is -3.80. The first kappa shape index (κ1) is 24.5. The van der Waals surface area contributed by atoms with Crippen molar-refractivity contribution in [3.8, 4) is 11.3 Å². The van der Waals surface area contributed by atoms with Gasteiger partial charge in [-0.15, -0.1) is 0 Å². The fourth-order valence-electron chi connectivity index (χ4n) is 4.72. The van der Waals surface area contributed by atoms with E-state index in [0.717, 1.165) is 30.5 Å². The van der Waals surface area contributed by atoms with Crippen molar-refractivity contribution in [1.29, 1.82) is 0 Å². The number of morpholine rings is 1. The first-order valence-electron chi connectivity index (χ1n) is 12.3. The Balaban J connectivity index is 1.45. The van der Waals surface area contributed by atoms with E-state index in [4.69, 9.17) is 4.74 Å². The number of rotatable bonds is 4. The molecular weight excluding hydrogens is 504 g/mol. The molecule has 0 N–H and O–H groups in total. The number of fused-ring (bicyclic) bond motifs is 1. The van der Waals surface area contributed by atoms with Gasteiger partial charge in [0.25, 0.3) is 5.56 Å². The van der Waals surface area contributed by atoms with Gasteiger partial charge < -0.3 is 9.64 Å². The standard InChI is InChI=1S/C26H24F4N6O2/c1-14-32-24-19(25(37)34(14)2)10-22(33-23(24)18-6-3-16(9-20(18)27)26(28,29)30)35-7-8-38-21(13-35)15-11-31-36(12-15)17-4-5-17/h3,6,9-12,17,21H,4-5,7-8,13H2,1-2H3/t21-/m1/s1. The molecule has 38 heavy (non-hydrogen) atoms. The summed E-state index contributed by atoms with van der Waals surface area (Å²) in [5.41, 5.74) is -0.579. The highest BCUT2D eigenvalue weighted by Crippen LogP contribution is 2.37. The molecule has 1 aliphatic carbocycles. The van der Waals surface area contributed by atoms with Crippen LogP contribution in [-0.2, 0) is 18.0 Å². The van der Waals surface area contributed by atoms with Crippen LogP contribution in [0.15, 0.2) is 41.5 Å². The third-order valence-corrected chi connectivity index (χ3v) is 7.13. The van der Waals surface area contributed by atoms with Crippen LogP contribution in [0.2, 0.25) is 0 Å². The van der Waals surface area contributed by atoms with Crippen LogP contribution in [0.1, 0.15) is 41.9 Å². The van der Waals surface area contributed by atoms with Gasteiger partial charge in [0.2, 0.25) is 0 Å². The van der Waals surface area contributed by atoms with Gasteiger partial charge >= 0.3 is 6.18 Å². The third kappa shape index (κ3) is 4.32. The van der Waals surface area contributed by atoms with Crippen LogP contribution in [0.4, 0.5) is 23.4 Å². The van der Waals surface area contributed by atoms with Crippen LogP contribution in [0.5, 0.6) is 0 Å². The number of aryl methyl sites for hydroxylation is 1. The Morgan fingerprint density at radius 2 is 1.92 bits per heavy atom. The molecule has 6 rings (SSSR count). The minimum absolute atomic E-state index is 0.00844. The van der Waals surface area contributed by atoms with Crippen LogP contribution in [0.25, 0.3) is 22.2 Å². The Morgan fingerprint density at radius 3 is 2.63 bits per heavy atom. The summed E-state index contributed by atoms with van der Waals surface area (Å²) in [5, 5.41) is 4.63. The smallest absolute Gasteiger partial charge is 0.370 e. The largest absolute Gasteiger partial charge is 0.416 e. The maximum Gasteiger partial charge on any atom is 0.416 e. The maximum atomic E-state index is 15.1. The van der Waals surface area contributed by atoms with E-state index in [1.165, 1.54) is 4.57 Å². The number of nitrogens with zero attached hydrogens (tertiary/aromatic N) is 6. The average molecular weight is 529 g/mol. The summed E-state index contributed by atoms with van der Waals surface area (Å²) in [4.78, 5) is 24.2. The van der Waals surface area contributed by atoms with E-state index < -0.39 is 17.6 Å². The van der Waals surface area contributed by atoms with Crippen molar-refractivity contribution in [3.63, 3.8) is 0 Å². The van der Waals surface area contributed by atoms with Gasteiger partial charge in [-0.2, -0.15) is 18.3 Å². The van der Waals surface area contributed by atoms with E-state index in [1.54, 1.807) is 26.2 Å². The SMILES string of the molecule is Cc1nc2c(-c3ccc(C(F)(F)F)cc3F)nc(N3CCO[C@@H](c4cnn(C5CC5)c4)C3)cc2c(=O)n1C. The maximum absolute atomic E-state index is 15.1. The minimum Gasteiger partial charge on any atom is -0.370 e. The predicted molar refractivity (Wildman–Crippen MR) is 131 cm³/mol. The van der Waals surface area contributed by atoms with Gasteiger partial charge in [-0.3, -0.25) is 14.0 Å². The molecule has 4 aromatic rings. The molecule has 2 fully saturated rings. The van der Waals surface area contributed by atoms with Crippen molar-refractivity contribution in [1.82, 2.24) is 24.3 Å². The molecule has 1 aromatic carbocycles. The number of halogens is 4. The van der Waals surface area contributed by atoms with Crippen molar-refractivity contribution in [2.75, 3.05) is 24.6 Å². The summed E-state index contributed by atoms with van der Waals surface area (Å²) in [6, 6.07) is 4.30. The quantitative estimate of drug-likeness (QED) is 0.361. The molecule has 0 unspecified atom stereocenters. The zero-order valence-corrected chi connectivity index (χ0v) is 20.7. The highest BCUT2D eigenvalue weighted by Gasteiger charge is 2.32. The number of alkyl halides is 3. The molecule has 2 aliphatic rings. The van der Waals surface area contributed by atoms with Gasteiger partial charge in [0.15, 0.2) is 0 Å². The first-order chi connectivity index (χ1) is 18.1. The molecular formula is C26H24F4N6O2. The van der Waals surface area contributed by atoms with Gasteiger partial charge in [-0.25, -0.2) is 14.4 Å². The Kier molecular flexibility index (Phi) is 5.74. The summed E-state index contributed by atoms with van der Waals surface area (Å²) < 4.78 is 63.9. The fraction of sp³-hybridized carbons (Fsp3) is 0.385. The van der Waals surface area contributed by atoms with Gasteiger partial charge in [0.05, 0.1) is 29.8 Å². The lowest BCUT2D eigenvalue weighted by Crippen LogP contribution is -2.39. The van der Waals surface area contributed by atoms with Crippen molar-refractivity contribution in [2.24, 2.45) is 7.05 Å². The molecule has 0 bridgehead atoms. The van der Waals surface area contributed by atoms with E-state index in [9.17, 15) is 18.0 Å². The number of hydrogen-bond donors (Lipinski definition) is 0. The van der Waals surface area contributed by atoms with Crippen LogP contribution >= 0.6 is 0 Å². The molecule has 1 aliphatic heterocycles. The zero-order chi connectivity index (χ0) is 26.8. The first-order valence-corrected chi connectivity index (χ1v) is 12.3. The van der Waals surface area contributed by atoms with E-state index >= 15 is 4.39 Å². The molecule has 0 spiro atoms. The second kappa shape index (κ2) is 8.90. The number of anilines is 1. The Morgan fingerprint density at radius 1 is 1.13 bits per heavy atom. The Bertz CT molecular complexity index is 1610. The van der Waals surface area contributed by atoms with E-state index in [0.29, 0.717) is 43.4 Å². The molecule has 0 radical (unpaired) electrons. The lowest BCUT2D eigenvalue weighted by atomic mass is 10.0. The molecule has 198 valence electrons. The molecule has 3 aromatic heterocycles. The summed E-state index contributed by atoms with van der Waals surface area (Å²) in [6.07, 6.45) is 0.977. The number of pyridine rings is 1. The van der Waals surface area contributed by atoms with Crippen LogP contribution in [0, 0.1) is 12.7 Å². The van der Waals surface area contributed by atoms with Gasteiger partial charge in [0, 0.05) is 37.5 Å². The molecule has 1 saturated heterocycles. The normalized spacial score (nSPS) is 18.4. The summed E-state index contributed by atoms with van der Waals surface area (Å²) in [6.45, 7) is 2.87. The summed E-state index contributed by atoms with van der Waals surface area (Å²) in [5.74, 6) is -0.347. The van der Waals surface area contributed by atoms with E-state index in [-0.39, 0.29) is 33.8 Å². The lowest BCUT2D eigenvalue weighted by molar-refractivity contribution is -0.137. The van der Waals surface area contributed by atoms with Crippen molar-refractivity contribution >= 4 is 16.7 Å². The second-order valence-corrected chi connectivity index (χ2v) is 9.73. The molecule has 8 nitrogen and oxygen atoms in total. The molecule has 0 amide bonds. The number of hydrogen-bond acceptors (Lipinski definition) is 6. The highest BCUT2D eigenvalue weighted by molar-refractivity contribution is 5.93. The molecule has 12 heteroatoms. The summed E-state index contributed by atoms with van der Waals surface area (Å²) >= 11 is 0. The van der Waals surface area contributed by atoms with Crippen LogP contribution in [0.3, 0.4) is 0 Å². The van der Waals surface area contributed by atoms with Crippen LogP contribution < -0.4 is 10.5 Å². The fourth-order valence-corrected chi connectivity index (χ4v) is 4.72. The van der Waals surface area contributed by atoms with E-state index in [2.05, 4.69) is 15.1 Å². The van der Waals surface area contributed by atoms with Crippen LogP contribution in [-0.4, -0.2) is 44.0 Å². The van der Waals surface area contributed by atoms with Gasteiger partial charge in [-0.05, 0) is 44.0 Å². The third-order valence-electron chi connectivity index (χ3n) is 7.13. The van der Waals surface area contributed by atoms with Crippen molar-refractivity contribution < 1.29 is 22.3 Å². The Labute approximate surface area is 214 Å². The number of benzene rings is 1. The average Bonchev–Trinajstić information content (AvgIpc) is 3.63. The highest BCUT2D eigenvalue weighted by atomic mass is 19.4. The number of ether oxygens (including phenoxy) is 1. The second-order valence-electron chi connectivity index (χ2n) is 9.73. The predicted octanol–water partition coefficient (Wildman–Crippen LogP) is 4.57. The zero-order valence-electron chi connectivity index (χ0n) is 20.7.